The van der Waals surface area contributed by atoms with Crippen molar-refractivity contribution in [2.75, 3.05) is 26.4 Å². The Morgan fingerprint density at radius 2 is 0.729 bits per heavy atom. The van der Waals surface area contributed by atoms with Crippen molar-refractivity contribution in [3.63, 3.8) is 0 Å². The molecule has 0 spiro atoms. The van der Waals surface area contributed by atoms with Crippen LogP contribution in [0.5, 0.6) is 0 Å². The van der Waals surface area contributed by atoms with E-state index >= 15 is 0 Å². The van der Waals surface area contributed by atoms with Gasteiger partial charge >= 0.3 is 19.8 Å². The van der Waals surface area contributed by atoms with E-state index in [4.69, 9.17) is 24.3 Å². The van der Waals surface area contributed by atoms with Crippen molar-refractivity contribution in [1.29, 1.82) is 0 Å². The summed E-state index contributed by atoms with van der Waals surface area (Å²) in [7, 11) is -4.37. The first-order valence-electron chi connectivity index (χ1n) is 25.5. The first-order chi connectivity index (χ1) is 28.8. The quantitative estimate of drug-likeness (QED) is 0.0348. The Hall–Kier alpha value is -0.990. The van der Waals surface area contributed by atoms with Crippen LogP contribution in [0.4, 0.5) is 0 Å². The summed E-state index contributed by atoms with van der Waals surface area (Å²) in [6.45, 7) is 3.80. The normalized spacial score (nSPS) is 13.1. The third-order valence-corrected chi connectivity index (χ3v) is 12.5. The summed E-state index contributed by atoms with van der Waals surface area (Å²) in [6, 6.07) is 0. The highest BCUT2D eigenvalue weighted by atomic mass is 31.2. The number of phosphoric ester groups is 1. The number of unbranched alkanes of at least 4 members (excludes halogenated alkanes) is 36. The van der Waals surface area contributed by atoms with Gasteiger partial charge in [-0.05, 0) is 12.8 Å². The molecule has 0 aliphatic rings. The Labute approximate surface area is 365 Å². The number of rotatable bonds is 49. The number of nitrogens with two attached hydrogens (primary N) is 1. The van der Waals surface area contributed by atoms with Crippen molar-refractivity contribution in [2.45, 2.75) is 277 Å². The predicted molar refractivity (Wildman–Crippen MR) is 248 cm³/mol. The van der Waals surface area contributed by atoms with Crippen LogP contribution in [0.1, 0.15) is 271 Å². The van der Waals surface area contributed by atoms with E-state index in [1.54, 1.807) is 0 Å². The lowest BCUT2D eigenvalue weighted by Gasteiger charge is -2.19. The van der Waals surface area contributed by atoms with Crippen LogP contribution in [0.2, 0.25) is 0 Å². The van der Waals surface area contributed by atoms with Gasteiger partial charge in [-0.15, -0.1) is 0 Å². The zero-order valence-corrected chi connectivity index (χ0v) is 39.9. The summed E-state index contributed by atoms with van der Waals surface area (Å²) in [5.74, 6) is -0.807. The highest BCUT2D eigenvalue weighted by Gasteiger charge is 2.26. The van der Waals surface area contributed by atoms with E-state index in [1.165, 1.54) is 205 Å². The molecular weight excluding hydrogens is 762 g/mol. The molecule has 0 aliphatic carbocycles. The molecule has 3 N–H and O–H groups in total. The van der Waals surface area contributed by atoms with Crippen molar-refractivity contribution in [2.24, 2.45) is 5.73 Å². The van der Waals surface area contributed by atoms with E-state index in [2.05, 4.69) is 13.8 Å². The van der Waals surface area contributed by atoms with Gasteiger partial charge in [-0.2, -0.15) is 0 Å². The molecule has 59 heavy (non-hydrogen) atoms. The van der Waals surface area contributed by atoms with Crippen molar-refractivity contribution in [1.82, 2.24) is 0 Å². The number of hydrogen-bond donors (Lipinski definition) is 2. The van der Waals surface area contributed by atoms with E-state index < -0.39 is 26.5 Å². The van der Waals surface area contributed by atoms with E-state index in [-0.39, 0.29) is 38.6 Å². The molecule has 10 heteroatoms. The van der Waals surface area contributed by atoms with Crippen LogP contribution in [-0.2, 0) is 32.7 Å². The van der Waals surface area contributed by atoms with Gasteiger partial charge in [0.25, 0.3) is 0 Å². The molecule has 0 aromatic heterocycles. The van der Waals surface area contributed by atoms with E-state index in [0.29, 0.717) is 6.42 Å². The van der Waals surface area contributed by atoms with Gasteiger partial charge in [0, 0.05) is 19.4 Å². The predicted octanol–water partition coefficient (Wildman–Crippen LogP) is 15.2. The Morgan fingerprint density at radius 3 is 1.03 bits per heavy atom. The summed E-state index contributed by atoms with van der Waals surface area (Å²) in [5, 5.41) is 0. The van der Waals surface area contributed by atoms with Crippen LogP contribution in [0, 0.1) is 0 Å². The van der Waals surface area contributed by atoms with Crippen LogP contribution >= 0.6 is 7.82 Å². The molecule has 2 atom stereocenters. The maximum Gasteiger partial charge on any atom is 0.472 e. The van der Waals surface area contributed by atoms with E-state index in [9.17, 15) is 19.0 Å². The molecule has 1 unspecified atom stereocenters. The smallest absolute Gasteiger partial charge is 0.462 e. The topological polar surface area (TPSA) is 134 Å². The maximum absolute atomic E-state index is 12.6. The van der Waals surface area contributed by atoms with Gasteiger partial charge in [-0.3, -0.25) is 18.6 Å². The number of esters is 2. The highest BCUT2D eigenvalue weighted by molar-refractivity contribution is 7.47. The SMILES string of the molecule is CCCCCCCCCCCCCCCCCCCCCCCCCC(=O)OC[C@@H](COP(=O)(O)OCCN)OC(=O)CCCCCCCCCCCCCCCCC. The lowest BCUT2D eigenvalue weighted by molar-refractivity contribution is -0.161. The van der Waals surface area contributed by atoms with Gasteiger partial charge in [0.1, 0.15) is 6.61 Å². The number of hydrogen-bond acceptors (Lipinski definition) is 8. The van der Waals surface area contributed by atoms with E-state index in [0.717, 1.165) is 32.1 Å². The monoisotopic (exact) mass is 860 g/mol. The third kappa shape index (κ3) is 46.3. The van der Waals surface area contributed by atoms with Crippen LogP contribution in [0.25, 0.3) is 0 Å². The summed E-state index contributed by atoms with van der Waals surface area (Å²) in [6.07, 6.45) is 48.6. The Balaban J connectivity index is 3.95. The fraction of sp³-hybridized carbons (Fsp3) is 0.959. The molecule has 0 radical (unpaired) electrons. The molecule has 0 heterocycles. The minimum Gasteiger partial charge on any atom is -0.462 e. The first-order valence-corrected chi connectivity index (χ1v) is 27.0. The van der Waals surface area contributed by atoms with Crippen molar-refractivity contribution in [3.8, 4) is 0 Å². The molecule has 0 amide bonds. The van der Waals surface area contributed by atoms with Crippen LogP contribution < -0.4 is 5.73 Å². The Bertz CT molecular complexity index is 938. The zero-order valence-electron chi connectivity index (χ0n) is 39.0. The average Bonchev–Trinajstić information content (AvgIpc) is 3.22. The molecule has 0 fully saturated rings. The molecule has 0 rings (SSSR count). The summed E-state index contributed by atoms with van der Waals surface area (Å²) in [5.41, 5.74) is 5.36. The van der Waals surface area contributed by atoms with Gasteiger partial charge in [-0.25, -0.2) is 4.57 Å². The summed E-state index contributed by atoms with van der Waals surface area (Å²) in [4.78, 5) is 35.0. The number of phosphoric acid groups is 1. The van der Waals surface area contributed by atoms with Crippen LogP contribution in [0.15, 0.2) is 0 Å². The number of carbonyl (C=O) groups is 2. The lowest BCUT2D eigenvalue weighted by atomic mass is 10.0. The number of ether oxygens (including phenoxy) is 2. The minimum atomic E-state index is -4.37. The second-order valence-corrected chi connectivity index (χ2v) is 18.9. The standard InChI is InChI=1S/C49H98NO8P/c1-3-5-7-9-11-13-15-17-19-20-21-22-23-24-25-26-28-29-31-33-35-37-39-41-48(51)55-45-47(46-57-59(53,54)56-44-43-50)58-49(52)42-40-38-36-34-32-30-27-18-16-14-12-10-8-6-4-2/h47H,3-46,50H2,1-2H3,(H,53,54)/t47-/m0/s1. The Kier molecular flexibility index (Phi) is 45.7. The minimum absolute atomic E-state index is 0.0583. The highest BCUT2D eigenvalue weighted by Crippen LogP contribution is 2.43. The molecule has 9 nitrogen and oxygen atoms in total. The largest absolute Gasteiger partial charge is 0.472 e. The first kappa shape index (κ1) is 58.0. The second kappa shape index (κ2) is 46.5. The molecule has 0 bridgehead atoms. The lowest BCUT2D eigenvalue weighted by Crippen LogP contribution is -2.29. The van der Waals surface area contributed by atoms with E-state index in [1.807, 2.05) is 0 Å². The van der Waals surface area contributed by atoms with Crippen molar-refractivity contribution >= 4 is 19.8 Å². The molecule has 352 valence electrons. The van der Waals surface area contributed by atoms with Gasteiger partial charge in [-0.1, -0.05) is 245 Å². The fourth-order valence-corrected chi connectivity index (χ4v) is 8.46. The second-order valence-electron chi connectivity index (χ2n) is 17.4. The molecule has 0 saturated carbocycles. The van der Waals surface area contributed by atoms with Crippen LogP contribution in [0.3, 0.4) is 0 Å². The number of carbonyl (C=O) groups excluding carboxylic acids is 2. The summed E-state index contributed by atoms with van der Waals surface area (Å²) < 4.78 is 32.9. The molecule has 0 saturated heterocycles. The zero-order chi connectivity index (χ0) is 43.2. The Morgan fingerprint density at radius 1 is 0.441 bits per heavy atom. The summed E-state index contributed by atoms with van der Waals surface area (Å²) >= 11 is 0. The van der Waals surface area contributed by atoms with Gasteiger partial charge in [0.05, 0.1) is 13.2 Å². The molecule has 0 aromatic carbocycles. The van der Waals surface area contributed by atoms with Crippen molar-refractivity contribution < 1.29 is 37.6 Å². The van der Waals surface area contributed by atoms with Gasteiger partial charge < -0.3 is 20.1 Å². The van der Waals surface area contributed by atoms with Crippen molar-refractivity contribution in [3.05, 3.63) is 0 Å². The fourth-order valence-electron chi connectivity index (χ4n) is 7.70. The molecule has 0 aliphatic heterocycles. The molecular formula is C49H98NO8P. The molecule has 0 aromatic rings. The maximum atomic E-state index is 12.6. The van der Waals surface area contributed by atoms with Gasteiger partial charge in [0.2, 0.25) is 0 Å². The van der Waals surface area contributed by atoms with Crippen LogP contribution in [-0.4, -0.2) is 49.3 Å². The third-order valence-electron chi connectivity index (χ3n) is 11.5. The average molecular weight is 860 g/mol. The van der Waals surface area contributed by atoms with Gasteiger partial charge in [0.15, 0.2) is 6.10 Å².